The van der Waals surface area contributed by atoms with Gasteiger partial charge in [0.15, 0.2) is 0 Å². The lowest BCUT2D eigenvalue weighted by Crippen LogP contribution is -2.51. The first-order valence-corrected chi connectivity index (χ1v) is 12.5. The van der Waals surface area contributed by atoms with Crippen LogP contribution >= 0.6 is 0 Å². The highest BCUT2D eigenvalue weighted by Crippen LogP contribution is 2.32. The van der Waals surface area contributed by atoms with E-state index in [-0.39, 0.29) is 42.4 Å². The zero-order chi connectivity index (χ0) is 24.2. The fourth-order valence-corrected chi connectivity index (χ4v) is 5.04. The number of amides is 2. The van der Waals surface area contributed by atoms with Gasteiger partial charge in [0.2, 0.25) is 11.8 Å². The second kappa shape index (κ2) is 10.9. The number of ether oxygens (including phenoxy) is 2. The van der Waals surface area contributed by atoms with Crippen molar-refractivity contribution in [2.75, 3.05) is 40.0 Å². The number of rotatable bonds is 6. The van der Waals surface area contributed by atoms with E-state index >= 15 is 0 Å². The van der Waals surface area contributed by atoms with Gasteiger partial charge in [0, 0.05) is 44.8 Å². The van der Waals surface area contributed by atoms with Crippen molar-refractivity contribution in [1.82, 2.24) is 14.8 Å². The summed E-state index contributed by atoms with van der Waals surface area (Å²) < 4.78 is 11.7. The number of carbonyl (C=O) groups excluding carboxylic acids is 2. The molecule has 3 heterocycles. The lowest BCUT2D eigenvalue weighted by atomic mass is 9.96. The van der Waals surface area contributed by atoms with Crippen LogP contribution in [0.4, 0.5) is 0 Å². The molecule has 1 aromatic rings. The Hall–Kier alpha value is -2.45. The average molecular weight is 472 g/mol. The first-order chi connectivity index (χ1) is 16.4. The number of nitrogens with zero attached hydrogens (tertiary/aromatic N) is 3. The quantitative estimate of drug-likeness (QED) is 0.686. The third-order valence-electron chi connectivity index (χ3n) is 7.33. The summed E-state index contributed by atoms with van der Waals surface area (Å²) in [5, 5.41) is 9.84. The number of aromatic nitrogens is 1. The van der Waals surface area contributed by atoms with Gasteiger partial charge in [0.05, 0.1) is 19.2 Å². The van der Waals surface area contributed by atoms with E-state index in [2.05, 4.69) is 11.1 Å². The highest BCUT2D eigenvalue weighted by molar-refractivity contribution is 5.97. The fourth-order valence-electron chi connectivity index (χ4n) is 5.04. The van der Waals surface area contributed by atoms with E-state index in [0.717, 1.165) is 37.7 Å². The van der Waals surface area contributed by atoms with Crippen LogP contribution < -0.4 is 4.74 Å². The first kappa shape index (κ1) is 24.7. The molecule has 3 aliphatic rings. The lowest BCUT2D eigenvalue weighted by Gasteiger charge is -2.38. The van der Waals surface area contributed by atoms with Crippen LogP contribution in [0.15, 0.2) is 18.3 Å². The van der Waals surface area contributed by atoms with E-state index in [9.17, 15) is 14.7 Å². The molecule has 8 heteroatoms. The second-order valence-electron chi connectivity index (χ2n) is 9.93. The van der Waals surface area contributed by atoms with Crippen LogP contribution in [0.2, 0.25) is 0 Å². The Morgan fingerprint density at radius 1 is 1.35 bits per heavy atom. The summed E-state index contributed by atoms with van der Waals surface area (Å²) in [4.78, 5) is 34.6. The number of aliphatic hydroxyl groups excluding tert-OH is 1. The molecule has 34 heavy (non-hydrogen) atoms. The molecule has 0 aromatic carbocycles. The Kier molecular flexibility index (Phi) is 7.88. The maximum Gasteiger partial charge on any atom is 0.259 e. The van der Waals surface area contributed by atoms with E-state index < -0.39 is 0 Å². The molecule has 1 fully saturated rings. The monoisotopic (exact) mass is 471 g/mol. The zero-order valence-electron chi connectivity index (χ0n) is 20.5. The van der Waals surface area contributed by atoms with E-state index in [1.165, 1.54) is 5.57 Å². The van der Waals surface area contributed by atoms with Gasteiger partial charge in [0.25, 0.3) is 5.91 Å². The number of hydrogen-bond donors (Lipinski definition) is 1. The largest absolute Gasteiger partial charge is 0.472 e. The molecule has 1 aliphatic carbocycles. The molecule has 2 amide bonds. The molecule has 1 N–H and O–H groups in total. The molecule has 3 atom stereocenters. The van der Waals surface area contributed by atoms with Crippen molar-refractivity contribution >= 4 is 17.4 Å². The van der Waals surface area contributed by atoms with Crippen molar-refractivity contribution in [3.05, 3.63) is 29.5 Å². The number of likely N-dealkylation sites (N-methyl/N-ethyl adjacent to an activating group) is 1. The predicted molar refractivity (Wildman–Crippen MR) is 128 cm³/mol. The minimum absolute atomic E-state index is 0.0252. The van der Waals surface area contributed by atoms with Gasteiger partial charge in [0.1, 0.15) is 11.7 Å². The third kappa shape index (κ3) is 5.28. The first-order valence-electron chi connectivity index (χ1n) is 12.5. The van der Waals surface area contributed by atoms with Gasteiger partial charge in [-0.1, -0.05) is 13.0 Å². The molecule has 1 saturated heterocycles. The molecule has 186 valence electrons. The van der Waals surface area contributed by atoms with Crippen molar-refractivity contribution in [2.24, 2.45) is 11.8 Å². The molecule has 2 aliphatic heterocycles. The number of aliphatic hydroxyl groups is 1. The highest BCUT2D eigenvalue weighted by Gasteiger charge is 2.35. The van der Waals surface area contributed by atoms with Crippen LogP contribution in [0, 0.1) is 11.8 Å². The Morgan fingerprint density at radius 2 is 2.12 bits per heavy atom. The molecular weight excluding hydrogens is 434 g/mol. The van der Waals surface area contributed by atoms with Gasteiger partial charge in [-0.2, -0.15) is 0 Å². The van der Waals surface area contributed by atoms with Crippen molar-refractivity contribution in [2.45, 2.75) is 58.1 Å². The van der Waals surface area contributed by atoms with Crippen LogP contribution in [0.25, 0.3) is 5.57 Å². The Balaban J connectivity index is 1.61. The SMILES string of the molecule is C[C@H]1CN([C@@H](C)CO)C(=O)c2cc(C3=CCCC3)cnc2O[C@@H]1CN(C)C(=O)C1CCOCC1. The van der Waals surface area contributed by atoms with Crippen LogP contribution in [0.5, 0.6) is 5.88 Å². The fraction of sp³-hybridized carbons (Fsp3) is 0.654. The summed E-state index contributed by atoms with van der Waals surface area (Å²) in [7, 11) is 1.82. The molecule has 1 aromatic heterocycles. The minimum Gasteiger partial charge on any atom is -0.472 e. The van der Waals surface area contributed by atoms with Gasteiger partial charge >= 0.3 is 0 Å². The summed E-state index contributed by atoms with van der Waals surface area (Å²) in [5.41, 5.74) is 2.57. The predicted octanol–water partition coefficient (Wildman–Crippen LogP) is 2.75. The Morgan fingerprint density at radius 3 is 2.79 bits per heavy atom. The van der Waals surface area contributed by atoms with Gasteiger partial charge in [-0.25, -0.2) is 4.98 Å². The molecule has 0 saturated carbocycles. The maximum absolute atomic E-state index is 13.5. The molecule has 0 bridgehead atoms. The van der Waals surface area contributed by atoms with Gasteiger partial charge in [-0.15, -0.1) is 0 Å². The Bertz CT molecular complexity index is 927. The zero-order valence-corrected chi connectivity index (χ0v) is 20.5. The topological polar surface area (TPSA) is 92.2 Å². The molecule has 8 nitrogen and oxygen atoms in total. The summed E-state index contributed by atoms with van der Waals surface area (Å²) >= 11 is 0. The summed E-state index contributed by atoms with van der Waals surface area (Å²) in [5.74, 6) is 0.139. The summed E-state index contributed by atoms with van der Waals surface area (Å²) in [6, 6.07) is 1.54. The van der Waals surface area contributed by atoms with E-state index in [0.29, 0.717) is 37.7 Å². The van der Waals surface area contributed by atoms with Gasteiger partial charge in [-0.3, -0.25) is 9.59 Å². The van der Waals surface area contributed by atoms with Crippen molar-refractivity contribution in [1.29, 1.82) is 0 Å². The number of fused-ring (bicyclic) bond motifs is 1. The molecule has 0 unspecified atom stereocenters. The minimum atomic E-state index is -0.336. The summed E-state index contributed by atoms with van der Waals surface area (Å²) in [6.45, 7) is 5.81. The number of allylic oxidation sites excluding steroid dienone is 2. The maximum atomic E-state index is 13.5. The molecule has 4 rings (SSSR count). The molecule has 0 radical (unpaired) electrons. The van der Waals surface area contributed by atoms with E-state index in [1.807, 2.05) is 27.0 Å². The summed E-state index contributed by atoms with van der Waals surface area (Å²) in [6.07, 6.45) is 8.25. The second-order valence-corrected chi connectivity index (χ2v) is 9.93. The molecule has 0 spiro atoms. The smallest absolute Gasteiger partial charge is 0.259 e. The van der Waals surface area contributed by atoms with Crippen molar-refractivity contribution in [3.8, 4) is 5.88 Å². The third-order valence-corrected chi connectivity index (χ3v) is 7.33. The van der Waals surface area contributed by atoms with Crippen LogP contribution in [-0.4, -0.2) is 83.8 Å². The van der Waals surface area contributed by atoms with Crippen LogP contribution in [-0.2, 0) is 9.53 Å². The molecular formula is C26H37N3O5. The van der Waals surface area contributed by atoms with Crippen LogP contribution in [0.1, 0.15) is 61.9 Å². The number of hydrogen-bond acceptors (Lipinski definition) is 6. The lowest BCUT2D eigenvalue weighted by molar-refractivity contribution is -0.138. The van der Waals surface area contributed by atoms with Crippen molar-refractivity contribution < 1.29 is 24.2 Å². The van der Waals surface area contributed by atoms with Gasteiger partial charge in [-0.05, 0) is 56.2 Å². The van der Waals surface area contributed by atoms with Crippen LogP contribution in [0.3, 0.4) is 0 Å². The number of carbonyl (C=O) groups is 2. The van der Waals surface area contributed by atoms with E-state index in [4.69, 9.17) is 9.47 Å². The van der Waals surface area contributed by atoms with Gasteiger partial charge < -0.3 is 24.4 Å². The van der Waals surface area contributed by atoms with Crippen molar-refractivity contribution in [3.63, 3.8) is 0 Å². The standard InChI is InChI=1S/C26H37N3O5/c1-17-14-29(18(2)16-30)26(32)22-12-21(19-6-4-5-7-19)13-27-24(22)34-23(17)15-28(3)25(31)20-8-10-33-11-9-20/h6,12-13,17-18,20,23,30H,4-5,7-11,14-16H2,1-3H3/t17-,18-,23+/m0/s1. The number of pyridine rings is 1. The normalized spacial score (nSPS) is 24.5. The Labute approximate surface area is 201 Å². The average Bonchev–Trinajstić information content (AvgIpc) is 3.40. The highest BCUT2D eigenvalue weighted by atomic mass is 16.5. The van der Waals surface area contributed by atoms with E-state index in [1.54, 1.807) is 16.0 Å².